The molecule has 2 aliphatic heterocycles. The third-order valence-corrected chi connectivity index (χ3v) is 5.96. The lowest BCUT2D eigenvalue weighted by molar-refractivity contribution is -0.385. The van der Waals surface area contributed by atoms with Gasteiger partial charge in [-0.15, -0.1) is 5.73 Å². The van der Waals surface area contributed by atoms with Crippen LogP contribution in [0.4, 0.5) is 22.7 Å². The van der Waals surface area contributed by atoms with Crippen molar-refractivity contribution < 1.29 is 34.0 Å². The van der Waals surface area contributed by atoms with Gasteiger partial charge in [0.05, 0.1) is 53.3 Å². The fraction of sp³-hybridized carbons (Fsp3) is 0.233. The van der Waals surface area contributed by atoms with E-state index in [9.17, 15) is 29.8 Å². The van der Waals surface area contributed by atoms with Crippen LogP contribution in [0.25, 0.3) is 0 Å². The first-order chi connectivity index (χ1) is 22.1. The number of aromatic amines is 2. The van der Waals surface area contributed by atoms with E-state index in [-0.39, 0.29) is 37.6 Å². The number of amides is 1. The quantitative estimate of drug-likeness (QED) is 0.130. The van der Waals surface area contributed by atoms with Gasteiger partial charge in [0.15, 0.2) is 0 Å². The minimum Gasteiger partial charge on any atom is -0.490 e. The number of aromatic nitrogens is 4. The second-order valence-corrected chi connectivity index (χ2v) is 9.17. The molecule has 248 valence electrons. The number of rotatable bonds is 6. The number of carboxylic acid groups (broad SMARTS) is 1. The number of nitro groups is 2. The van der Waals surface area contributed by atoms with Gasteiger partial charge in [0, 0.05) is 54.6 Å². The first kappa shape index (κ1) is 36.7. The summed E-state index contributed by atoms with van der Waals surface area (Å²) in [6, 6.07) is 8.77. The van der Waals surface area contributed by atoms with Crippen LogP contribution in [0, 0.1) is 20.2 Å². The van der Waals surface area contributed by atoms with Crippen molar-refractivity contribution in [3.63, 3.8) is 0 Å². The number of imidazole rings is 2. The number of H-pyrrole nitrogens is 2. The Morgan fingerprint density at radius 1 is 0.915 bits per heavy atom. The Balaban J connectivity index is 0.000000253. The van der Waals surface area contributed by atoms with E-state index >= 15 is 0 Å². The summed E-state index contributed by atoms with van der Waals surface area (Å²) in [5.74, 6) is 0.144. The molecule has 47 heavy (non-hydrogen) atoms. The summed E-state index contributed by atoms with van der Waals surface area (Å²) in [5.41, 5.74) is 4.71. The van der Waals surface area contributed by atoms with E-state index in [1.165, 1.54) is 54.1 Å². The van der Waals surface area contributed by atoms with Gasteiger partial charge in [-0.05, 0) is 12.1 Å². The zero-order chi connectivity index (χ0) is 33.5. The Labute approximate surface area is 268 Å². The molecule has 17 nitrogen and oxygen atoms in total. The predicted molar refractivity (Wildman–Crippen MR) is 172 cm³/mol. The van der Waals surface area contributed by atoms with Crippen molar-refractivity contribution in [1.82, 2.24) is 19.9 Å². The molecule has 1 amide bonds. The molecule has 4 heterocycles. The first-order valence-corrected chi connectivity index (χ1v) is 13.4. The van der Waals surface area contributed by atoms with Crippen LogP contribution in [0.2, 0.25) is 0 Å². The minimum absolute atomic E-state index is 0. The maximum absolute atomic E-state index is 12.4. The van der Waals surface area contributed by atoms with Gasteiger partial charge in [-0.25, -0.2) is 9.97 Å². The Morgan fingerprint density at radius 2 is 1.47 bits per heavy atom. The Hall–Kier alpha value is -6.48. The van der Waals surface area contributed by atoms with Crippen LogP contribution >= 0.6 is 0 Å². The molecule has 0 bridgehead atoms. The number of carboxylic acids is 1. The minimum atomic E-state index is -0.848. The number of nitro benzene ring substituents is 2. The largest absolute Gasteiger partial charge is 0.490 e. The molecule has 0 saturated carbocycles. The van der Waals surface area contributed by atoms with Gasteiger partial charge >= 0.3 is 5.97 Å². The van der Waals surface area contributed by atoms with Gasteiger partial charge in [-0.1, -0.05) is 20.6 Å². The molecule has 2 aromatic heterocycles. The van der Waals surface area contributed by atoms with Crippen molar-refractivity contribution in [3.05, 3.63) is 112 Å². The number of non-ortho nitro benzene ring substituents is 2. The van der Waals surface area contributed by atoms with E-state index in [2.05, 4.69) is 44.1 Å². The van der Waals surface area contributed by atoms with Gasteiger partial charge in [0.2, 0.25) is 5.91 Å². The van der Waals surface area contributed by atoms with Gasteiger partial charge in [0.25, 0.3) is 11.4 Å². The van der Waals surface area contributed by atoms with E-state index in [4.69, 9.17) is 14.6 Å². The Morgan fingerprint density at radius 3 is 2.02 bits per heavy atom. The standard InChI is InChI=1S/C13H12N4O4.C8H8N2O3.C5H6N2O2.C3H4.CH4/c18-13(5-9-7-14-8-15-9)16-3-4-21-12-2-1-10(17(19)20)6-11(12)16;11-10(12)6-1-2-8-7(5-6)9-3-4-13-8;8-5(9)1-4-2-6-3-7-4;1-3-2;/h1-2,6-8H,3-5H2,(H,14,15);1-2,5,9H,3-4H2;2-3H,1H2,(H,6,7)(H,8,9);1-2H2;1H4. The van der Waals surface area contributed by atoms with Crippen LogP contribution in [-0.2, 0) is 22.4 Å². The number of benzene rings is 2. The highest BCUT2D eigenvalue weighted by molar-refractivity contribution is 5.96. The van der Waals surface area contributed by atoms with Crippen LogP contribution in [0.5, 0.6) is 11.5 Å². The monoisotopic (exact) mass is 650 g/mol. The predicted octanol–water partition coefficient (Wildman–Crippen LogP) is 4.32. The average Bonchev–Trinajstić information content (AvgIpc) is 3.75. The Kier molecular flexibility index (Phi) is 14.3. The summed E-state index contributed by atoms with van der Waals surface area (Å²) in [7, 11) is 0. The van der Waals surface area contributed by atoms with Crippen LogP contribution in [0.1, 0.15) is 18.8 Å². The lowest BCUT2D eigenvalue weighted by Gasteiger charge is -2.29. The summed E-state index contributed by atoms with van der Waals surface area (Å²) in [6.07, 6.45) is 6.20. The normalized spacial score (nSPS) is 11.8. The maximum Gasteiger partial charge on any atom is 0.309 e. The summed E-state index contributed by atoms with van der Waals surface area (Å²) >= 11 is 0. The molecule has 0 atom stereocenters. The van der Waals surface area contributed by atoms with E-state index < -0.39 is 15.8 Å². The van der Waals surface area contributed by atoms with E-state index in [0.29, 0.717) is 60.6 Å². The molecule has 2 aliphatic rings. The van der Waals surface area contributed by atoms with Crippen LogP contribution in [-0.4, -0.2) is 73.1 Å². The molecule has 0 spiro atoms. The van der Waals surface area contributed by atoms with E-state index in [1.54, 1.807) is 12.3 Å². The topological polar surface area (TPSA) is 232 Å². The molecule has 4 N–H and O–H groups in total. The smallest absolute Gasteiger partial charge is 0.309 e. The molecule has 6 rings (SSSR count). The third kappa shape index (κ3) is 11.2. The van der Waals surface area contributed by atoms with E-state index in [1.807, 2.05) is 0 Å². The second-order valence-electron chi connectivity index (χ2n) is 9.17. The maximum atomic E-state index is 12.4. The molecule has 0 fully saturated rings. The summed E-state index contributed by atoms with van der Waals surface area (Å²) in [6.45, 7) is 8.26. The number of ether oxygens (including phenoxy) is 2. The number of hydrogen-bond acceptors (Lipinski definition) is 11. The summed E-state index contributed by atoms with van der Waals surface area (Å²) in [4.78, 5) is 57.3. The van der Waals surface area contributed by atoms with Crippen molar-refractivity contribution in [2.45, 2.75) is 20.3 Å². The number of nitrogens with zero attached hydrogens (tertiary/aromatic N) is 5. The number of hydrogen-bond donors (Lipinski definition) is 4. The zero-order valence-corrected chi connectivity index (χ0v) is 24.4. The number of carbonyl (C=O) groups excluding carboxylic acids is 1. The van der Waals surface area contributed by atoms with Crippen LogP contribution in [0.3, 0.4) is 0 Å². The third-order valence-electron chi connectivity index (χ3n) is 5.96. The molecule has 0 radical (unpaired) electrons. The van der Waals surface area contributed by atoms with E-state index in [0.717, 1.165) is 0 Å². The lowest BCUT2D eigenvalue weighted by Crippen LogP contribution is -2.39. The van der Waals surface area contributed by atoms with Gasteiger partial charge in [-0.2, -0.15) is 0 Å². The molecule has 17 heteroatoms. The molecule has 2 aromatic carbocycles. The van der Waals surface area contributed by atoms with Crippen molar-refractivity contribution >= 4 is 34.6 Å². The second kappa shape index (κ2) is 18.4. The number of anilines is 2. The highest BCUT2D eigenvalue weighted by Crippen LogP contribution is 2.35. The zero-order valence-electron chi connectivity index (χ0n) is 24.4. The van der Waals surface area contributed by atoms with Gasteiger partial charge in [-0.3, -0.25) is 29.8 Å². The Bertz CT molecular complexity index is 1670. The molecular formula is C30H34N8O9. The fourth-order valence-electron chi connectivity index (χ4n) is 4.00. The molecule has 4 aromatic rings. The SMILES string of the molecule is C.C=C=C.O=C(Cc1cnc[nH]1)N1CCOc2ccc([N+](=O)[O-])cc21.O=C(O)Cc1cnc[nH]1.O=[N+]([O-])c1ccc2c(c1)NCCO2. The van der Waals surface area contributed by atoms with Crippen LogP contribution in [0.15, 0.2) is 80.3 Å². The fourth-order valence-corrected chi connectivity index (χ4v) is 4.00. The van der Waals surface area contributed by atoms with Crippen LogP contribution < -0.4 is 19.7 Å². The van der Waals surface area contributed by atoms with Crippen molar-refractivity contribution in [1.29, 1.82) is 0 Å². The summed E-state index contributed by atoms with van der Waals surface area (Å²) < 4.78 is 10.7. The highest BCUT2D eigenvalue weighted by Gasteiger charge is 2.26. The first-order valence-electron chi connectivity index (χ1n) is 13.4. The van der Waals surface area contributed by atoms with Crippen molar-refractivity contribution in [2.75, 3.05) is 36.5 Å². The molecule has 0 saturated heterocycles. The average molecular weight is 651 g/mol. The number of fused-ring (bicyclic) bond motifs is 2. The van der Waals surface area contributed by atoms with Crippen molar-refractivity contribution in [2.24, 2.45) is 0 Å². The number of aliphatic carboxylic acids is 1. The molecular weight excluding hydrogens is 616 g/mol. The van der Waals surface area contributed by atoms with Gasteiger partial charge in [0.1, 0.15) is 24.7 Å². The molecule has 0 unspecified atom stereocenters. The van der Waals surface area contributed by atoms with Crippen molar-refractivity contribution in [3.8, 4) is 11.5 Å². The van der Waals surface area contributed by atoms with Gasteiger partial charge < -0.3 is 34.8 Å². The molecule has 0 aliphatic carbocycles. The number of carbonyl (C=O) groups is 2. The summed E-state index contributed by atoms with van der Waals surface area (Å²) in [5, 5.41) is 32.6. The lowest BCUT2D eigenvalue weighted by atomic mass is 10.2. The number of nitrogens with one attached hydrogen (secondary N) is 3. The highest BCUT2D eigenvalue weighted by atomic mass is 16.6.